The molecule has 0 amide bonds. The highest BCUT2D eigenvalue weighted by Crippen LogP contribution is 2.12. The van der Waals surface area contributed by atoms with Gasteiger partial charge in [0.15, 0.2) is 0 Å². The molecule has 0 aromatic heterocycles. The summed E-state index contributed by atoms with van der Waals surface area (Å²) in [5, 5.41) is 0. The topological polar surface area (TPSA) is 79.8 Å². The number of carbonyl (C=O) groups is 2. The minimum atomic E-state index is -0.948. The number of carbonyl (C=O) groups excluding carboxylic acids is 2. The van der Waals surface area contributed by atoms with Crippen LogP contribution in [0.5, 0.6) is 0 Å². The van der Waals surface area contributed by atoms with E-state index in [-0.39, 0.29) is 13.0 Å². The number of hydrogen-bond acceptors (Lipinski definition) is 3. The van der Waals surface area contributed by atoms with Gasteiger partial charge in [-0.05, 0) is 23.3 Å². The lowest BCUT2D eigenvalue weighted by Gasteiger charge is -2.02. The predicted octanol–water partition coefficient (Wildman–Crippen LogP) is 2.97. The van der Waals surface area contributed by atoms with E-state index < -0.39 is 17.5 Å². The van der Waals surface area contributed by atoms with Gasteiger partial charge in [-0.1, -0.05) is 58.4 Å². The lowest BCUT2D eigenvalue weighted by molar-refractivity contribution is -0.143. The molecule has 0 fully saturated rings. The summed E-state index contributed by atoms with van der Waals surface area (Å²) in [6.45, 7) is 0.00284. The molecule has 2 rings (SSSR count). The molecule has 0 bridgehead atoms. The summed E-state index contributed by atoms with van der Waals surface area (Å²) in [5.74, 6) is -1.56. The second-order valence-electron chi connectivity index (χ2n) is 4.74. The minimum absolute atomic E-state index is 0.00284. The molecule has 116 valence electrons. The van der Waals surface area contributed by atoms with Crippen LogP contribution in [-0.4, -0.2) is 22.3 Å². The van der Waals surface area contributed by atoms with E-state index in [2.05, 4.69) is 20.7 Å². The van der Waals surface area contributed by atoms with E-state index >= 15 is 0 Å². The number of nitrogens with zero attached hydrogens (tertiary/aromatic N) is 2. The van der Waals surface area contributed by atoms with Crippen LogP contribution >= 0.6 is 15.9 Å². The van der Waals surface area contributed by atoms with Crippen molar-refractivity contribution in [2.45, 2.75) is 13.0 Å². The molecule has 23 heavy (non-hydrogen) atoms. The first-order valence-corrected chi connectivity index (χ1v) is 7.60. The summed E-state index contributed by atoms with van der Waals surface area (Å²) in [6, 6.07) is 16.1. The Morgan fingerprint density at radius 2 is 1.74 bits per heavy atom. The van der Waals surface area contributed by atoms with Crippen LogP contribution in [0.3, 0.4) is 0 Å². The Morgan fingerprint density at radius 3 is 2.39 bits per heavy atom. The molecule has 0 saturated heterocycles. The quantitative estimate of drug-likeness (QED) is 0.257. The van der Waals surface area contributed by atoms with Crippen molar-refractivity contribution in [3.63, 3.8) is 0 Å². The first kappa shape index (κ1) is 16.8. The van der Waals surface area contributed by atoms with Crippen molar-refractivity contribution in [2.75, 3.05) is 0 Å². The number of rotatable bonds is 6. The molecule has 0 aliphatic carbocycles. The fraction of sp³-hybridized carbons (Fsp3) is 0.118. The van der Waals surface area contributed by atoms with Gasteiger partial charge in [0, 0.05) is 10.9 Å². The Balaban J connectivity index is 1.99. The Kier molecular flexibility index (Phi) is 5.97. The number of benzene rings is 2. The van der Waals surface area contributed by atoms with Crippen molar-refractivity contribution < 1.29 is 19.1 Å². The Morgan fingerprint density at radius 1 is 1.04 bits per heavy atom. The van der Waals surface area contributed by atoms with Crippen LogP contribution in [0.1, 0.15) is 11.1 Å². The molecule has 6 heteroatoms. The maximum Gasteiger partial charge on any atom is 0.441 e. The molecule has 0 unspecified atom stereocenters. The molecule has 2 aromatic carbocycles. The molecule has 0 spiro atoms. The zero-order valence-electron chi connectivity index (χ0n) is 12.1. The van der Waals surface area contributed by atoms with Crippen LogP contribution in [0.25, 0.3) is 5.53 Å². The third-order valence-electron chi connectivity index (χ3n) is 3.02. The Bertz CT molecular complexity index is 768. The molecular weight excluding hydrogens is 360 g/mol. The van der Waals surface area contributed by atoms with E-state index in [4.69, 9.17) is 10.3 Å². The van der Waals surface area contributed by atoms with Crippen molar-refractivity contribution in [3.8, 4) is 0 Å². The molecule has 2 aromatic rings. The lowest BCUT2D eigenvalue weighted by atomic mass is 10.1. The second kappa shape index (κ2) is 8.17. The summed E-state index contributed by atoms with van der Waals surface area (Å²) in [5.41, 5.74) is 9.81. The van der Waals surface area contributed by atoms with Gasteiger partial charge in [-0.3, -0.25) is 4.79 Å². The smallest absolute Gasteiger partial charge is 0.441 e. The predicted molar refractivity (Wildman–Crippen MR) is 87.7 cm³/mol. The fourth-order valence-electron chi connectivity index (χ4n) is 1.92. The molecule has 0 N–H and O–H groups in total. The van der Waals surface area contributed by atoms with E-state index in [0.29, 0.717) is 5.56 Å². The van der Waals surface area contributed by atoms with Crippen LogP contribution in [0.4, 0.5) is 0 Å². The van der Waals surface area contributed by atoms with Gasteiger partial charge in [-0.25, -0.2) is 4.79 Å². The van der Waals surface area contributed by atoms with Gasteiger partial charge in [0.1, 0.15) is 6.61 Å². The summed E-state index contributed by atoms with van der Waals surface area (Å²) in [4.78, 5) is 26.8. The standard InChI is InChI=1S/C17H13BrN2O3/c18-14-8-4-7-13(9-14)10-15(21)16(20-19)17(22)23-11-12-5-2-1-3-6-12/h1-9H,10-11H2. The molecule has 0 radical (unpaired) electrons. The molecular formula is C17H13BrN2O3. The van der Waals surface area contributed by atoms with Crippen molar-refractivity contribution >= 4 is 33.4 Å². The molecule has 0 aliphatic heterocycles. The van der Waals surface area contributed by atoms with Crippen molar-refractivity contribution in [3.05, 3.63) is 75.7 Å². The first-order valence-electron chi connectivity index (χ1n) is 6.81. The highest BCUT2D eigenvalue weighted by Gasteiger charge is 2.31. The average Bonchev–Trinajstić information content (AvgIpc) is 2.54. The monoisotopic (exact) mass is 372 g/mol. The van der Waals surface area contributed by atoms with E-state index in [1.807, 2.05) is 24.3 Å². The molecule has 0 atom stereocenters. The fourth-order valence-corrected chi connectivity index (χ4v) is 2.36. The van der Waals surface area contributed by atoms with Crippen LogP contribution in [0.15, 0.2) is 59.1 Å². The van der Waals surface area contributed by atoms with Crippen LogP contribution < -0.4 is 0 Å². The highest BCUT2D eigenvalue weighted by molar-refractivity contribution is 9.10. The zero-order valence-corrected chi connectivity index (χ0v) is 13.7. The minimum Gasteiger partial charge on any atom is -0.452 e. The molecule has 5 nitrogen and oxygen atoms in total. The van der Waals surface area contributed by atoms with Gasteiger partial charge in [0.05, 0.1) is 0 Å². The average molecular weight is 373 g/mol. The molecule has 0 saturated carbocycles. The number of hydrogen-bond donors (Lipinski definition) is 0. The number of Topliss-reactive ketones (excluding diaryl/α,β-unsaturated/α-hetero) is 1. The van der Waals surface area contributed by atoms with Gasteiger partial charge in [0.2, 0.25) is 0 Å². The third kappa shape index (κ3) is 4.98. The normalized spacial score (nSPS) is 9.78. The van der Waals surface area contributed by atoms with Crippen molar-refractivity contribution in [1.82, 2.24) is 0 Å². The Labute approximate surface area is 141 Å². The van der Waals surface area contributed by atoms with Crippen LogP contribution in [-0.2, 0) is 27.4 Å². The highest BCUT2D eigenvalue weighted by atomic mass is 79.9. The third-order valence-corrected chi connectivity index (χ3v) is 3.52. The maximum atomic E-state index is 12.1. The van der Waals surface area contributed by atoms with Gasteiger partial charge < -0.3 is 10.3 Å². The lowest BCUT2D eigenvalue weighted by Crippen LogP contribution is -2.28. The van der Waals surface area contributed by atoms with Crippen molar-refractivity contribution in [2.24, 2.45) is 0 Å². The van der Waals surface area contributed by atoms with Gasteiger partial charge in [-0.2, -0.15) is 4.79 Å². The largest absolute Gasteiger partial charge is 0.452 e. The van der Waals surface area contributed by atoms with Crippen molar-refractivity contribution in [1.29, 1.82) is 0 Å². The van der Waals surface area contributed by atoms with Crippen LogP contribution in [0, 0.1) is 0 Å². The maximum absolute atomic E-state index is 12.1. The second-order valence-corrected chi connectivity index (χ2v) is 5.66. The number of ether oxygens (including phenoxy) is 1. The van der Waals surface area contributed by atoms with Crippen LogP contribution in [0.2, 0.25) is 0 Å². The van der Waals surface area contributed by atoms with E-state index in [0.717, 1.165) is 10.0 Å². The summed E-state index contributed by atoms with van der Waals surface area (Å²) < 4.78 is 5.82. The molecule has 0 aliphatic rings. The first-order chi connectivity index (χ1) is 11.1. The molecule has 0 heterocycles. The van der Waals surface area contributed by atoms with E-state index in [1.165, 1.54) is 0 Å². The van der Waals surface area contributed by atoms with Gasteiger partial charge in [0.25, 0.3) is 5.78 Å². The summed E-state index contributed by atoms with van der Waals surface area (Å²) in [7, 11) is 0. The number of halogens is 1. The summed E-state index contributed by atoms with van der Waals surface area (Å²) >= 11 is 3.30. The van der Waals surface area contributed by atoms with E-state index in [9.17, 15) is 9.59 Å². The number of esters is 1. The summed E-state index contributed by atoms with van der Waals surface area (Å²) in [6.07, 6.45) is -0.0563. The van der Waals surface area contributed by atoms with Gasteiger partial charge in [-0.15, -0.1) is 0 Å². The van der Waals surface area contributed by atoms with Gasteiger partial charge >= 0.3 is 11.7 Å². The van der Waals surface area contributed by atoms with E-state index in [1.54, 1.807) is 30.3 Å². The Hall–Kier alpha value is -2.56. The number of ketones is 1. The SMILES string of the molecule is [N-]=[N+]=C(C(=O)Cc1cccc(Br)c1)C(=O)OCc1ccccc1. The zero-order chi connectivity index (χ0) is 16.7.